The zero-order valence-corrected chi connectivity index (χ0v) is 18.3. The quantitative estimate of drug-likeness (QED) is 0.634. The molecule has 0 fully saturated rings. The number of hydrogen-bond donors (Lipinski definition) is 1. The van der Waals surface area contributed by atoms with Crippen LogP contribution in [0.2, 0.25) is 0 Å². The molecule has 2 aromatic rings. The van der Waals surface area contributed by atoms with Gasteiger partial charge < -0.3 is 0 Å². The van der Waals surface area contributed by atoms with Crippen molar-refractivity contribution in [3.8, 4) is 0 Å². The van der Waals surface area contributed by atoms with Gasteiger partial charge in [0.15, 0.2) is 0 Å². The highest BCUT2D eigenvalue weighted by Gasteiger charge is 2.27. The number of alkyl halides is 3. The Morgan fingerprint density at radius 3 is 2.27 bits per heavy atom. The van der Waals surface area contributed by atoms with Gasteiger partial charge in [-0.1, -0.05) is 41.7 Å². The third-order valence-corrected chi connectivity index (χ3v) is 5.84. The Labute approximate surface area is 173 Å². The van der Waals surface area contributed by atoms with E-state index in [0.717, 1.165) is 9.24 Å². The lowest BCUT2D eigenvalue weighted by Gasteiger charge is -2.17. The van der Waals surface area contributed by atoms with Crippen molar-refractivity contribution in [1.82, 2.24) is 23.1 Å². The molecule has 144 valence electrons. The van der Waals surface area contributed by atoms with Crippen LogP contribution in [0.5, 0.6) is 0 Å². The number of aromatic nitrogens is 5. The highest BCUT2D eigenvalue weighted by molar-refractivity contribution is 9.10. The van der Waals surface area contributed by atoms with Crippen molar-refractivity contribution in [1.29, 1.82) is 0 Å². The van der Waals surface area contributed by atoms with Gasteiger partial charge in [0.2, 0.25) is 0 Å². The van der Waals surface area contributed by atoms with Crippen LogP contribution in [-0.4, -0.2) is 26.2 Å². The normalized spacial score (nSPS) is 13.2. The minimum Gasteiger partial charge on any atom is -0.268 e. The van der Waals surface area contributed by atoms with Crippen LogP contribution in [0.3, 0.4) is 0 Å². The Hall–Kier alpha value is -0.880. The van der Waals surface area contributed by atoms with Crippen molar-refractivity contribution in [3.05, 3.63) is 52.0 Å². The topological polar surface area (TPSA) is 104 Å². The standard InChI is InChI=1S/C12H13BrCl3N5O4S/c1-4-5(2)18-8(22)7(13)6(3)19(10(18)24)21-11(25)20(9(23)17-21)26-12(14,15)16/h5H,4H2,1-3H3,(H,17,23). The molecule has 0 saturated carbocycles. The fraction of sp³-hybridized carbons (Fsp3) is 0.500. The first-order valence-corrected chi connectivity index (χ1v) is 9.85. The summed E-state index contributed by atoms with van der Waals surface area (Å²) < 4.78 is 0.523. The predicted molar refractivity (Wildman–Crippen MR) is 106 cm³/mol. The zero-order chi connectivity index (χ0) is 20.0. The number of hydrogen-bond acceptors (Lipinski definition) is 5. The van der Waals surface area contributed by atoms with Crippen LogP contribution in [0.1, 0.15) is 32.0 Å². The van der Waals surface area contributed by atoms with Crippen LogP contribution >= 0.6 is 62.7 Å². The second-order valence-electron chi connectivity index (χ2n) is 5.27. The monoisotopic (exact) mass is 507 g/mol. The van der Waals surface area contributed by atoms with E-state index in [0.29, 0.717) is 27.1 Å². The molecule has 0 spiro atoms. The van der Waals surface area contributed by atoms with Gasteiger partial charge >= 0.3 is 17.1 Å². The van der Waals surface area contributed by atoms with Gasteiger partial charge in [0.05, 0.1) is 5.69 Å². The Balaban J connectivity index is 2.87. The molecule has 1 unspecified atom stereocenters. The van der Waals surface area contributed by atoms with E-state index in [1.807, 2.05) is 0 Å². The average molecular weight is 510 g/mol. The molecule has 2 aromatic heterocycles. The zero-order valence-electron chi connectivity index (χ0n) is 13.6. The summed E-state index contributed by atoms with van der Waals surface area (Å²) in [5.41, 5.74) is -3.08. The lowest BCUT2D eigenvalue weighted by Crippen LogP contribution is -2.47. The summed E-state index contributed by atoms with van der Waals surface area (Å²) in [4.78, 5) is 50.5. The van der Waals surface area contributed by atoms with Crippen LogP contribution in [-0.2, 0) is 0 Å². The summed E-state index contributed by atoms with van der Waals surface area (Å²) in [6, 6.07) is -0.432. The van der Waals surface area contributed by atoms with E-state index in [1.54, 1.807) is 13.8 Å². The van der Waals surface area contributed by atoms with Gasteiger partial charge in [-0.25, -0.2) is 19.5 Å². The average Bonchev–Trinajstić information content (AvgIpc) is 2.79. The SMILES string of the molecule is CCC(C)n1c(=O)c(Br)c(C)n(-n2[nH]c(=O)n(SC(Cl)(Cl)Cl)c2=O)c1=O. The molecule has 0 radical (unpaired) electrons. The number of nitrogens with one attached hydrogen (secondary N) is 1. The second-order valence-corrected chi connectivity index (χ2v) is 10.2. The molecule has 2 heterocycles. The van der Waals surface area contributed by atoms with Crippen molar-refractivity contribution in [2.24, 2.45) is 0 Å². The number of rotatable bonds is 4. The van der Waals surface area contributed by atoms with Crippen molar-refractivity contribution in [2.75, 3.05) is 0 Å². The first kappa shape index (κ1) is 21.4. The van der Waals surface area contributed by atoms with Crippen LogP contribution < -0.4 is 22.6 Å². The minimum atomic E-state index is -1.97. The van der Waals surface area contributed by atoms with Crippen molar-refractivity contribution < 1.29 is 0 Å². The highest BCUT2D eigenvalue weighted by atomic mass is 79.9. The van der Waals surface area contributed by atoms with Gasteiger partial charge in [0.25, 0.3) is 8.68 Å². The van der Waals surface area contributed by atoms with E-state index in [1.165, 1.54) is 6.92 Å². The van der Waals surface area contributed by atoms with Crippen LogP contribution in [0.25, 0.3) is 0 Å². The first-order chi connectivity index (χ1) is 11.9. The number of aromatic amines is 1. The van der Waals surface area contributed by atoms with Crippen molar-refractivity contribution in [3.63, 3.8) is 0 Å². The molecule has 14 heteroatoms. The maximum absolute atomic E-state index is 12.9. The van der Waals surface area contributed by atoms with Crippen LogP contribution in [0.15, 0.2) is 23.7 Å². The molecule has 0 aliphatic carbocycles. The number of H-pyrrole nitrogens is 1. The maximum atomic E-state index is 12.9. The molecular formula is C12H13BrCl3N5O4S. The summed E-state index contributed by atoms with van der Waals surface area (Å²) in [6.07, 6.45) is 0.500. The molecule has 0 amide bonds. The molecule has 0 aliphatic rings. The third kappa shape index (κ3) is 3.86. The van der Waals surface area contributed by atoms with E-state index in [9.17, 15) is 19.2 Å². The molecule has 0 saturated heterocycles. The van der Waals surface area contributed by atoms with Crippen molar-refractivity contribution in [2.45, 2.75) is 36.4 Å². The lowest BCUT2D eigenvalue weighted by atomic mass is 10.2. The fourth-order valence-corrected chi connectivity index (χ4v) is 3.64. The third-order valence-electron chi connectivity index (χ3n) is 3.60. The number of nitrogens with zero attached hydrogens (tertiary/aromatic N) is 4. The van der Waals surface area contributed by atoms with Crippen molar-refractivity contribution >= 4 is 62.7 Å². The van der Waals surface area contributed by atoms with Gasteiger partial charge in [0.1, 0.15) is 4.47 Å². The van der Waals surface area contributed by atoms with Crippen LogP contribution in [0.4, 0.5) is 0 Å². The molecule has 1 atom stereocenters. The first-order valence-electron chi connectivity index (χ1n) is 7.15. The summed E-state index contributed by atoms with van der Waals surface area (Å²) in [6.45, 7) is 4.93. The van der Waals surface area contributed by atoms with E-state index in [-0.39, 0.29) is 10.2 Å². The van der Waals surface area contributed by atoms with Gasteiger partial charge in [-0.3, -0.25) is 9.36 Å². The fourth-order valence-electron chi connectivity index (χ4n) is 2.17. The molecule has 26 heavy (non-hydrogen) atoms. The summed E-state index contributed by atoms with van der Waals surface area (Å²) in [5.74, 6) is 0. The van der Waals surface area contributed by atoms with E-state index >= 15 is 0 Å². The lowest BCUT2D eigenvalue weighted by molar-refractivity contribution is 0.418. The molecular weight excluding hydrogens is 496 g/mol. The Kier molecular flexibility index (Phi) is 6.28. The Bertz CT molecular complexity index is 1080. The molecule has 1 N–H and O–H groups in total. The maximum Gasteiger partial charge on any atom is 0.377 e. The van der Waals surface area contributed by atoms with Gasteiger partial charge in [-0.05, 0) is 36.2 Å². The smallest absolute Gasteiger partial charge is 0.268 e. The summed E-state index contributed by atoms with van der Waals surface area (Å²) >= 11 is 20.3. The van der Waals surface area contributed by atoms with E-state index in [4.69, 9.17) is 34.8 Å². The van der Waals surface area contributed by atoms with E-state index < -0.39 is 31.8 Å². The molecule has 9 nitrogen and oxygen atoms in total. The largest absolute Gasteiger partial charge is 0.377 e. The highest BCUT2D eigenvalue weighted by Crippen LogP contribution is 2.38. The molecule has 2 rings (SSSR count). The Morgan fingerprint density at radius 1 is 1.19 bits per heavy atom. The predicted octanol–water partition coefficient (Wildman–Crippen LogP) is 1.84. The Morgan fingerprint density at radius 2 is 1.77 bits per heavy atom. The van der Waals surface area contributed by atoms with Gasteiger partial charge in [-0.2, -0.15) is 8.65 Å². The summed E-state index contributed by atoms with van der Waals surface area (Å²) in [7, 11) is 0. The second kappa shape index (κ2) is 7.63. The van der Waals surface area contributed by atoms with Gasteiger partial charge in [-0.15, -0.1) is 4.79 Å². The van der Waals surface area contributed by atoms with E-state index in [2.05, 4.69) is 21.0 Å². The van der Waals surface area contributed by atoms with Gasteiger partial charge in [0, 0.05) is 18.0 Å². The minimum absolute atomic E-state index is 0.0759. The van der Waals surface area contributed by atoms with Crippen LogP contribution in [0, 0.1) is 6.92 Å². The molecule has 0 aliphatic heterocycles. The molecule has 0 bridgehead atoms. The number of halogens is 4. The summed E-state index contributed by atoms with van der Waals surface area (Å²) in [5, 5.41) is 2.21. The molecule has 0 aromatic carbocycles.